The Hall–Kier alpha value is -1.76. The van der Waals surface area contributed by atoms with Gasteiger partial charge in [0.05, 0.1) is 7.11 Å². The van der Waals surface area contributed by atoms with Gasteiger partial charge in [0.2, 0.25) is 0 Å². The summed E-state index contributed by atoms with van der Waals surface area (Å²) in [7, 11) is 1.69. The predicted octanol–water partition coefficient (Wildman–Crippen LogP) is 3.49. The Labute approximate surface area is 83.6 Å². The van der Waals surface area contributed by atoms with E-state index in [9.17, 15) is 0 Å². The van der Waals surface area contributed by atoms with Crippen LogP contribution >= 0.6 is 0 Å². The van der Waals surface area contributed by atoms with Crippen LogP contribution in [0, 0.1) is 0 Å². The fourth-order valence-electron chi connectivity index (χ4n) is 1.65. The van der Waals surface area contributed by atoms with Crippen LogP contribution in [0.25, 0.3) is 16.8 Å². The number of hydrogen-bond acceptors (Lipinski definition) is 1. The first kappa shape index (κ1) is 8.82. The van der Waals surface area contributed by atoms with E-state index in [1.165, 1.54) is 5.39 Å². The first-order valence-electron chi connectivity index (χ1n) is 4.55. The molecule has 0 aliphatic carbocycles. The third kappa shape index (κ3) is 1.27. The van der Waals surface area contributed by atoms with Crippen LogP contribution in [-0.2, 0) is 0 Å². The lowest BCUT2D eigenvalue weighted by atomic mass is 10.0. The van der Waals surface area contributed by atoms with Crippen LogP contribution in [-0.4, -0.2) is 7.11 Å². The third-order valence-electron chi connectivity index (χ3n) is 2.36. The van der Waals surface area contributed by atoms with Crippen molar-refractivity contribution in [3.05, 3.63) is 48.5 Å². The molecule has 0 atom stereocenters. The highest BCUT2D eigenvalue weighted by atomic mass is 16.5. The van der Waals surface area contributed by atoms with Crippen molar-refractivity contribution in [1.82, 2.24) is 0 Å². The fourth-order valence-corrected chi connectivity index (χ4v) is 1.65. The maximum Gasteiger partial charge on any atom is 0.126 e. The Morgan fingerprint density at radius 3 is 2.43 bits per heavy atom. The van der Waals surface area contributed by atoms with Gasteiger partial charge >= 0.3 is 0 Å². The SMILES string of the molecule is C=Cc1ccc(OC)c2ccccc12. The largest absolute Gasteiger partial charge is 0.496 e. The average Bonchev–Trinajstić information content (AvgIpc) is 2.27. The van der Waals surface area contributed by atoms with Gasteiger partial charge < -0.3 is 4.74 Å². The second-order valence-electron chi connectivity index (χ2n) is 3.11. The summed E-state index contributed by atoms with van der Waals surface area (Å²) in [6, 6.07) is 12.2. The Morgan fingerprint density at radius 1 is 1.07 bits per heavy atom. The summed E-state index contributed by atoms with van der Waals surface area (Å²) in [4.78, 5) is 0. The second-order valence-corrected chi connectivity index (χ2v) is 3.11. The van der Waals surface area contributed by atoms with Crippen molar-refractivity contribution in [2.45, 2.75) is 0 Å². The fraction of sp³-hybridized carbons (Fsp3) is 0.0769. The third-order valence-corrected chi connectivity index (χ3v) is 2.36. The van der Waals surface area contributed by atoms with Gasteiger partial charge in [0, 0.05) is 5.39 Å². The Morgan fingerprint density at radius 2 is 1.79 bits per heavy atom. The molecular weight excluding hydrogens is 172 g/mol. The lowest BCUT2D eigenvalue weighted by Crippen LogP contribution is -1.86. The summed E-state index contributed by atoms with van der Waals surface area (Å²) in [5.41, 5.74) is 1.14. The van der Waals surface area contributed by atoms with E-state index in [0.29, 0.717) is 0 Å². The standard InChI is InChI=1S/C13H12O/c1-3-10-8-9-13(14-2)12-7-5-4-6-11(10)12/h3-9H,1H2,2H3. The zero-order valence-electron chi connectivity index (χ0n) is 8.16. The van der Waals surface area contributed by atoms with E-state index >= 15 is 0 Å². The van der Waals surface area contributed by atoms with E-state index in [1.54, 1.807) is 7.11 Å². The van der Waals surface area contributed by atoms with E-state index in [0.717, 1.165) is 16.7 Å². The van der Waals surface area contributed by atoms with Gasteiger partial charge in [-0.15, -0.1) is 0 Å². The topological polar surface area (TPSA) is 9.23 Å². The zero-order valence-corrected chi connectivity index (χ0v) is 8.16. The zero-order chi connectivity index (χ0) is 9.97. The van der Waals surface area contributed by atoms with Crippen LogP contribution in [0.15, 0.2) is 43.0 Å². The number of ether oxygens (including phenoxy) is 1. The molecule has 0 aliphatic heterocycles. The molecule has 1 nitrogen and oxygen atoms in total. The monoisotopic (exact) mass is 184 g/mol. The molecule has 2 rings (SSSR count). The van der Waals surface area contributed by atoms with Crippen LogP contribution in [0.1, 0.15) is 5.56 Å². The van der Waals surface area contributed by atoms with Gasteiger partial charge in [0.1, 0.15) is 5.75 Å². The molecule has 0 bridgehead atoms. The number of rotatable bonds is 2. The number of hydrogen-bond donors (Lipinski definition) is 0. The molecule has 0 saturated carbocycles. The van der Waals surface area contributed by atoms with E-state index in [2.05, 4.69) is 18.7 Å². The Kier molecular flexibility index (Phi) is 2.23. The van der Waals surface area contributed by atoms with Gasteiger partial charge in [-0.2, -0.15) is 0 Å². The maximum absolute atomic E-state index is 5.29. The van der Waals surface area contributed by atoms with Crippen LogP contribution in [0.5, 0.6) is 5.75 Å². The molecule has 2 aromatic carbocycles. The molecule has 0 aromatic heterocycles. The van der Waals surface area contributed by atoms with E-state index in [4.69, 9.17) is 4.74 Å². The summed E-state index contributed by atoms with van der Waals surface area (Å²) >= 11 is 0. The Balaban J connectivity index is 2.84. The van der Waals surface area contributed by atoms with E-state index in [1.807, 2.05) is 30.3 Å². The molecule has 0 heterocycles. The number of methoxy groups -OCH3 is 1. The van der Waals surface area contributed by atoms with Crippen molar-refractivity contribution in [2.75, 3.05) is 7.11 Å². The van der Waals surface area contributed by atoms with Crippen molar-refractivity contribution in [2.24, 2.45) is 0 Å². The van der Waals surface area contributed by atoms with Crippen LogP contribution in [0.3, 0.4) is 0 Å². The molecule has 0 spiro atoms. The minimum atomic E-state index is 0.909. The molecule has 0 saturated heterocycles. The molecular formula is C13H12O. The van der Waals surface area contributed by atoms with Gasteiger partial charge in [0.15, 0.2) is 0 Å². The molecule has 0 radical (unpaired) electrons. The normalized spacial score (nSPS) is 10.1. The number of benzene rings is 2. The van der Waals surface area contributed by atoms with E-state index < -0.39 is 0 Å². The van der Waals surface area contributed by atoms with Gasteiger partial charge in [0.25, 0.3) is 0 Å². The highest BCUT2D eigenvalue weighted by molar-refractivity contribution is 5.94. The number of fused-ring (bicyclic) bond motifs is 1. The summed E-state index contributed by atoms with van der Waals surface area (Å²) in [6.07, 6.45) is 1.86. The lowest BCUT2D eigenvalue weighted by Gasteiger charge is -2.07. The molecule has 1 heteroatoms. The van der Waals surface area contributed by atoms with Gasteiger partial charge in [-0.3, -0.25) is 0 Å². The molecule has 0 fully saturated rings. The van der Waals surface area contributed by atoms with Crippen molar-refractivity contribution < 1.29 is 4.74 Å². The molecule has 0 unspecified atom stereocenters. The van der Waals surface area contributed by atoms with E-state index in [-0.39, 0.29) is 0 Å². The van der Waals surface area contributed by atoms with Crippen LogP contribution in [0.4, 0.5) is 0 Å². The molecule has 2 aromatic rings. The van der Waals surface area contributed by atoms with Gasteiger partial charge in [-0.1, -0.05) is 43.0 Å². The highest BCUT2D eigenvalue weighted by Gasteiger charge is 2.02. The maximum atomic E-state index is 5.29. The second kappa shape index (κ2) is 3.54. The van der Waals surface area contributed by atoms with Gasteiger partial charge in [-0.05, 0) is 17.0 Å². The smallest absolute Gasteiger partial charge is 0.126 e. The first-order chi connectivity index (χ1) is 6.86. The van der Waals surface area contributed by atoms with Gasteiger partial charge in [-0.25, -0.2) is 0 Å². The quantitative estimate of drug-likeness (QED) is 0.694. The van der Waals surface area contributed by atoms with Crippen molar-refractivity contribution in [3.63, 3.8) is 0 Å². The lowest BCUT2D eigenvalue weighted by molar-refractivity contribution is 0.420. The highest BCUT2D eigenvalue weighted by Crippen LogP contribution is 2.28. The summed E-state index contributed by atoms with van der Waals surface area (Å²) in [5.74, 6) is 0.909. The summed E-state index contributed by atoms with van der Waals surface area (Å²) < 4.78 is 5.29. The minimum absolute atomic E-state index is 0.909. The molecule has 0 aliphatic rings. The van der Waals surface area contributed by atoms with Crippen molar-refractivity contribution >= 4 is 16.8 Å². The van der Waals surface area contributed by atoms with Crippen LogP contribution < -0.4 is 4.74 Å². The predicted molar refractivity (Wildman–Crippen MR) is 60.6 cm³/mol. The Bertz CT molecular complexity index is 472. The minimum Gasteiger partial charge on any atom is -0.496 e. The summed E-state index contributed by atoms with van der Waals surface area (Å²) in [6.45, 7) is 3.80. The molecule has 70 valence electrons. The molecule has 0 N–H and O–H groups in total. The summed E-state index contributed by atoms with van der Waals surface area (Å²) in [5, 5.41) is 2.31. The van der Waals surface area contributed by atoms with Crippen molar-refractivity contribution in [3.8, 4) is 5.75 Å². The molecule has 14 heavy (non-hydrogen) atoms. The molecule has 0 amide bonds. The van der Waals surface area contributed by atoms with Crippen molar-refractivity contribution in [1.29, 1.82) is 0 Å². The first-order valence-corrected chi connectivity index (χ1v) is 4.55. The average molecular weight is 184 g/mol. The van der Waals surface area contributed by atoms with Crippen LogP contribution in [0.2, 0.25) is 0 Å².